The molecule has 3 rings (SSSR count). The first-order valence-corrected chi connectivity index (χ1v) is 5.84. The molecule has 0 bridgehead atoms. The fraction of sp³-hybridized carbons (Fsp3) is 0.500. The molecule has 0 saturated carbocycles. The number of aliphatic hydroxyl groups excluding tert-OH is 3. The molecule has 3 heterocycles. The van der Waals surface area contributed by atoms with Crippen LogP contribution in [0.25, 0.3) is 11.2 Å². The van der Waals surface area contributed by atoms with Crippen molar-refractivity contribution in [3.8, 4) is 0 Å². The van der Waals surface area contributed by atoms with Crippen LogP contribution >= 0.6 is 0 Å². The number of aliphatic hydroxyl groups is 3. The normalized spacial score (nSPS) is 30.1. The zero-order valence-corrected chi connectivity index (χ0v) is 10.1. The summed E-state index contributed by atoms with van der Waals surface area (Å²) in [6.45, 7) is -0.474. The molecule has 0 amide bonds. The zero-order valence-electron chi connectivity index (χ0n) is 10.1. The quantitative estimate of drug-likeness (QED) is 0.394. The lowest BCUT2D eigenvalue weighted by Gasteiger charge is -2.16. The third kappa shape index (κ3) is 1.78. The summed E-state index contributed by atoms with van der Waals surface area (Å²) in [4.78, 5) is 31.1. The number of rotatable bonds is 2. The number of aromatic amines is 2. The van der Waals surface area contributed by atoms with Crippen molar-refractivity contribution in [3.63, 3.8) is 0 Å². The van der Waals surface area contributed by atoms with Gasteiger partial charge in [0.25, 0.3) is 5.56 Å². The maximum Gasteiger partial charge on any atom is 0.327 e. The van der Waals surface area contributed by atoms with Crippen molar-refractivity contribution in [1.82, 2.24) is 19.5 Å². The van der Waals surface area contributed by atoms with Crippen molar-refractivity contribution in [2.45, 2.75) is 24.5 Å². The summed E-state index contributed by atoms with van der Waals surface area (Å²) in [6, 6.07) is 0. The van der Waals surface area contributed by atoms with E-state index in [4.69, 9.17) is 9.84 Å². The lowest BCUT2D eigenvalue weighted by atomic mass is 10.1. The van der Waals surface area contributed by atoms with Crippen LogP contribution in [-0.2, 0) is 4.74 Å². The molecule has 108 valence electrons. The van der Waals surface area contributed by atoms with Crippen LogP contribution in [0.15, 0.2) is 15.9 Å². The van der Waals surface area contributed by atoms with Gasteiger partial charge in [0.15, 0.2) is 11.7 Å². The Labute approximate surface area is 110 Å². The average molecular weight is 284 g/mol. The molecule has 2 aromatic rings. The van der Waals surface area contributed by atoms with Gasteiger partial charge in [0.05, 0.1) is 12.9 Å². The monoisotopic (exact) mass is 284 g/mol. The second-order valence-electron chi connectivity index (χ2n) is 4.49. The standard InChI is InChI=1S/C10H12N4O6/c15-1-3-5(16)6(17)9(20-3)14-2-11-4-7(14)12-10(19)13-8(4)18/h2-3,5-6,9,15-17H,1H2,(H2,12,13,18,19)/t3-,5?,6?,9-/m0/s1. The molecule has 1 aliphatic rings. The van der Waals surface area contributed by atoms with E-state index >= 15 is 0 Å². The van der Waals surface area contributed by atoms with Crippen LogP contribution in [0.2, 0.25) is 0 Å². The third-order valence-electron chi connectivity index (χ3n) is 3.26. The minimum Gasteiger partial charge on any atom is -0.394 e. The summed E-state index contributed by atoms with van der Waals surface area (Å²) in [5.41, 5.74) is -1.36. The van der Waals surface area contributed by atoms with Crippen LogP contribution in [0.5, 0.6) is 0 Å². The summed E-state index contributed by atoms with van der Waals surface area (Å²) in [5, 5.41) is 28.7. The molecule has 1 aliphatic heterocycles. The van der Waals surface area contributed by atoms with Gasteiger partial charge in [-0.05, 0) is 0 Å². The highest BCUT2D eigenvalue weighted by Gasteiger charge is 2.43. The predicted octanol–water partition coefficient (Wildman–Crippen LogP) is -2.98. The van der Waals surface area contributed by atoms with Crippen molar-refractivity contribution in [3.05, 3.63) is 27.2 Å². The van der Waals surface area contributed by atoms with Gasteiger partial charge in [-0.25, -0.2) is 9.78 Å². The maximum absolute atomic E-state index is 11.6. The molecule has 2 unspecified atom stereocenters. The molecule has 4 atom stereocenters. The van der Waals surface area contributed by atoms with E-state index in [1.807, 2.05) is 4.98 Å². The smallest absolute Gasteiger partial charge is 0.327 e. The van der Waals surface area contributed by atoms with Crippen molar-refractivity contribution >= 4 is 11.2 Å². The van der Waals surface area contributed by atoms with E-state index in [0.717, 1.165) is 0 Å². The van der Waals surface area contributed by atoms with Crippen LogP contribution in [0.1, 0.15) is 6.23 Å². The minimum atomic E-state index is -1.33. The first-order valence-electron chi connectivity index (χ1n) is 5.84. The second-order valence-corrected chi connectivity index (χ2v) is 4.49. The SMILES string of the molecule is O=c1[nH]c(=O)c2ncn([C@H]3O[C@@H](CO)C(O)C3O)c2[nH]1. The average Bonchev–Trinajstić information content (AvgIpc) is 2.93. The van der Waals surface area contributed by atoms with Gasteiger partial charge in [0.1, 0.15) is 24.0 Å². The van der Waals surface area contributed by atoms with Crippen LogP contribution in [0.4, 0.5) is 0 Å². The number of imidazole rings is 1. The Morgan fingerprint density at radius 1 is 1.30 bits per heavy atom. The summed E-state index contributed by atoms with van der Waals surface area (Å²) in [6.07, 6.45) is -3.43. The highest BCUT2D eigenvalue weighted by molar-refractivity contribution is 5.68. The number of fused-ring (bicyclic) bond motifs is 1. The zero-order chi connectivity index (χ0) is 14.4. The van der Waals surface area contributed by atoms with Crippen LogP contribution in [0, 0.1) is 0 Å². The maximum atomic E-state index is 11.6. The van der Waals surface area contributed by atoms with E-state index in [1.165, 1.54) is 10.9 Å². The fourth-order valence-corrected chi connectivity index (χ4v) is 2.25. The first-order chi connectivity index (χ1) is 9.52. The molecule has 20 heavy (non-hydrogen) atoms. The van der Waals surface area contributed by atoms with Gasteiger partial charge in [-0.3, -0.25) is 19.3 Å². The van der Waals surface area contributed by atoms with Crippen molar-refractivity contribution in [1.29, 1.82) is 0 Å². The Morgan fingerprint density at radius 2 is 2.05 bits per heavy atom. The molecule has 5 N–H and O–H groups in total. The van der Waals surface area contributed by atoms with E-state index in [0.29, 0.717) is 0 Å². The van der Waals surface area contributed by atoms with E-state index in [-0.39, 0.29) is 11.2 Å². The first kappa shape index (κ1) is 13.0. The minimum absolute atomic E-state index is 0.0256. The topological polar surface area (TPSA) is 153 Å². The number of hydrogen-bond acceptors (Lipinski definition) is 7. The number of nitrogens with one attached hydrogen (secondary N) is 2. The van der Waals surface area contributed by atoms with Gasteiger partial charge in [-0.1, -0.05) is 0 Å². The van der Waals surface area contributed by atoms with E-state index in [9.17, 15) is 19.8 Å². The van der Waals surface area contributed by atoms with Gasteiger partial charge >= 0.3 is 5.69 Å². The molecule has 1 saturated heterocycles. The Hall–Kier alpha value is -2.01. The van der Waals surface area contributed by atoms with E-state index < -0.39 is 42.4 Å². The summed E-state index contributed by atoms with van der Waals surface area (Å²) < 4.78 is 6.54. The van der Waals surface area contributed by atoms with Crippen molar-refractivity contribution in [2.24, 2.45) is 0 Å². The van der Waals surface area contributed by atoms with E-state index in [1.54, 1.807) is 0 Å². The molecule has 0 aliphatic carbocycles. The number of aromatic nitrogens is 4. The number of H-pyrrole nitrogens is 2. The van der Waals surface area contributed by atoms with Gasteiger partial charge in [-0.2, -0.15) is 0 Å². The molecule has 10 nitrogen and oxygen atoms in total. The number of ether oxygens (including phenoxy) is 1. The van der Waals surface area contributed by atoms with Gasteiger partial charge < -0.3 is 20.1 Å². The highest BCUT2D eigenvalue weighted by Crippen LogP contribution is 2.30. The fourth-order valence-electron chi connectivity index (χ4n) is 2.25. The van der Waals surface area contributed by atoms with Gasteiger partial charge in [0, 0.05) is 0 Å². The van der Waals surface area contributed by atoms with Crippen molar-refractivity contribution in [2.75, 3.05) is 6.61 Å². The summed E-state index contributed by atoms with van der Waals surface area (Å²) in [5.74, 6) is 0. The number of hydrogen-bond donors (Lipinski definition) is 5. The lowest BCUT2D eigenvalue weighted by molar-refractivity contribution is -0.0511. The van der Waals surface area contributed by atoms with Gasteiger partial charge in [0.2, 0.25) is 0 Å². The Bertz CT molecular complexity index is 748. The molecule has 10 heteroatoms. The summed E-state index contributed by atoms with van der Waals surface area (Å²) in [7, 11) is 0. The molecule has 0 aromatic carbocycles. The molecule has 0 spiro atoms. The van der Waals surface area contributed by atoms with Crippen LogP contribution < -0.4 is 11.2 Å². The number of nitrogens with zero attached hydrogens (tertiary/aromatic N) is 2. The Morgan fingerprint density at radius 3 is 2.70 bits per heavy atom. The predicted molar refractivity (Wildman–Crippen MR) is 64.0 cm³/mol. The Kier molecular flexibility index (Phi) is 2.94. The van der Waals surface area contributed by atoms with Crippen LogP contribution in [0.3, 0.4) is 0 Å². The third-order valence-corrected chi connectivity index (χ3v) is 3.26. The molecule has 0 radical (unpaired) electrons. The highest BCUT2D eigenvalue weighted by atomic mass is 16.6. The molecule has 1 fully saturated rings. The van der Waals surface area contributed by atoms with Gasteiger partial charge in [-0.15, -0.1) is 0 Å². The van der Waals surface area contributed by atoms with Crippen molar-refractivity contribution < 1.29 is 20.1 Å². The van der Waals surface area contributed by atoms with E-state index in [2.05, 4.69) is 9.97 Å². The lowest BCUT2D eigenvalue weighted by Crippen LogP contribution is -2.33. The van der Waals surface area contributed by atoms with Crippen LogP contribution in [-0.4, -0.2) is 59.8 Å². The second kappa shape index (κ2) is 4.52. The molecular weight excluding hydrogens is 272 g/mol. The molecular formula is C10H12N4O6. The summed E-state index contributed by atoms with van der Waals surface area (Å²) >= 11 is 0. The largest absolute Gasteiger partial charge is 0.394 e. The molecule has 2 aromatic heterocycles. The Balaban J connectivity index is 2.12.